The number of rotatable bonds is 2. The van der Waals surface area contributed by atoms with Gasteiger partial charge in [-0.05, 0) is 37.0 Å². The van der Waals surface area contributed by atoms with E-state index in [2.05, 4.69) is 5.32 Å². The molecule has 4 heteroatoms. The summed E-state index contributed by atoms with van der Waals surface area (Å²) >= 11 is 5.94. The monoisotopic (exact) mass is 293 g/mol. The van der Waals surface area contributed by atoms with E-state index in [0.29, 0.717) is 5.92 Å². The zero-order valence-corrected chi connectivity index (χ0v) is 12.4. The lowest BCUT2D eigenvalue weighted by Crippen LogP contribution is -2.47. The number of fused-ring (bicyclic) bond motifs is 1. The molecule has 1 aliphatic heterocycles. The minimum Gasteiger partial charge on any atom is -0.370 e. The van der Waals surface area contributed by atoms with Crippen LogP contribution in [0.15, 0.2) is 24.3 Å². The lowest BCUT2D eigenvalue weighted by Gasteiger charge is -2.39. The Labute approximate surface area is 124 Å². The molecule has 1 saturated heterocycles. The van der Waals surface area contributed by atoms with Crippen molar-refractivity contribution >= 4 is 17.5 Å². The van der Waals surface area contributed by atoms with Crippen molar-refractivity contribution in [3.05, 3.63) is 34.9 Å². The highest BCUT2D eigenvalue weighted by Gasteiger charge is 2.42. The summed E-state index contributed by atoms with van der Waals surface area (Å²) in [6.07, 6.45) is 4.64. The van der Waals surface area contributed by atoms with E-state index in [1.54, 1.807) is 6.92 Å². The van der Waals surface area contributed by atoms with Gasteiger partial charge < -0.3 is 10.1 Å². The summed E-state index contributed by atoms with van der Waals surface area (Å²) in [5.74, 6) is 0.528. The molecule has 0 spiro atoms. The summed E-state index contributed by atoms with van der Waals surface area (Å²) in [4.78, 5) is 11.4. The van der Waals surface area contributed by atoms with E-state index in [9.17, 15) is 4.79 Å². The molecule has 0 bridgehead atoms. The van der Waals surface area contributed by atoms with E-state index < -0.39 is 0 Å². The van der Waals surface area contributed by atoms with E-state index >= 15 is 0 Å². The second kappa shape index (κ2) is 5.74. The molecule has 20 heavy (non-hydrogen) atoms. The zero-order valence-electron chi connectivity index (χ0n) is 11.6. The Morgan fingerprint density at radius 2 is 2.05 bits per heavy atom. The molecule has 3 nitrogen and oxygen atoms in total. The normalized spacial score (nSPS) is 32.7. The van der Waals surface area contributed by atoms with Crippen LogP contribution in [0.1, 0.15) is 44.3 Å². The first-order valence-electron chi connectivity index (χ1n) is 7.31. The average molecular weight is 294 g/mol. The SMILES string of the molecule is CC(=O)N[C@@H]1C[C@H](c2ccc(Cl)cc2)O[C@@H]2CCC[C@@H]12. The molecule has 108 valence electrons. The Morgan fingerprint density at radius 1 is 1.30 bits per heavy atom. The van der Waals surface area contributed by atoms with Crippen LogP contribution >= 0.6 is 11.6 Å². The van der Waals surface area contributed by atoms with E-state index in [-0.39, 0.29) is 24.2 Å². The maximum atomic E-state index is 11.4. The molecule has 0 radical (unpaired) electrons. The van der Waals surface area contributed by atoms with Gasteiger partial charge in [-0.15, -0.1) is 0 Å². The minimum atomic E-state index is 0.0532. The Kier molecular flexibility index (Phi) is 3.99. The van der Waals surface area contributed by atoms with Gasteiger partial charge in [0.25, 0.3) is 0 Å². The Hall–Kier alpha value is -1.06. The number of hydrogen-bond acceptors (Lipinski definition) is 2. The third kappa shape index (κ3) is 2.84. The third-order valence-electron chi connectivity index (χ3n) is 4.46. The summed E-state index contributed by atoms with van der Waals surface area (Å²) in [6.45, 7) is 1.59. The second-order valence-corrected chi connectivity index (χ2v) is 6.29. The van der Waals surface area contributed by atoms with Crippen molar-refractivity contribution < 1.29 is 9.53 Å². The Balaban J connectivity index is 1.79. The van der Waals surface area contributed by atoms with Crippen LogP contribution in [0.4, 0.5) is 0 Å². The van der Waals surface area contributed by atoms with E-state index in [4.69, 9.17) is 16.3 Å². The van der Waals surface area contributed by atoms with Gasteiger partial charge in [-0.25, -0.2) is 0 Å². The molecule has 1 saturated carbocycles. The first-order valence-corrected chi connectivity index (χ1v) is 7.69. The molecule has 3 rings (SSSR count). The molecule has 0 aromatic heterocycles. The van der Waals surface area contributed by atoms with Crippen molar-refractivity contribution in [2.24, 2.45) is 5.92 Å². The quantitative estimate of drug-likeness (QED) is 0.906. The van der Waals surface area contributed by atoms with Crippen LogP contribution in [0.3, 0.4) is 0 Å². The molecular weight excluding hydrogens is 274 g/mol. The van der Waals surface area contributed by atoms with Crippen LogP contribution in [0, 0.1) is 5.92 Å². The molecule has 1 aliphatic carbocycles. The maximum Gasteiger partial charge on any atom is 0.217 e. The Morgan fingerprint density at radius 3 is 2.75 bits per heavy atom. The summed E-state index contributed by atoms with van der Waals surface area (Å²) in [7, 11) is 0. The van der Waals surface area contributed by atoms with Gasteiger partial charge in [0, 0.05) is 23.9 Å². The lowest BCUT2D eigenvalue weighted by atomic mass is 9.86. The fraction of sp³-hybridized carbons (Fsp3) is 0.562. The van der Waals surface area contributed by atoms with Crippen LogP contribution in [-0.2, 0) is 9.53 Å². The summed E-state index contributed by atoms with van der Waals surface area (Å²) < 4.78 is 6.25. The van der Waals surface area contributed by atoms with E-state index in [1.165, 1.54) is 6.42 Å². The number of benzene rings is 1. The molecule has 0 unspecified atom stereocenters. The first kappa shape index (κ1) is 13.9. The van der Waals surface area contributed by atoms with Gasteiger partial charge in [-0.2, -0.15) is 0 Å². The number of amides is 1. The molecule has 1 N–H and O–H groups in total. The van der Waals surface area contributed by atoms with Crippen LogP contribution < -0.4 is 5.32 Å². The standard InChI is InChI=1S/C16H20ClNO2/c1-10(19)18-14-9-16(11-5-7-12(17)8-6-11)20-15-4-2-3-13(14)15/h5-8,13-16H,2-4,9H2,1H3,(H,18,19)/t13-,14+,15+,16+/m0/s1. The summed E-state index contributed by atoms with van der Waals surface area (Å²) in [6, 6.07) is 8.07. The van der Waals surface area contributed by atoms with Crippen LogP contribution in [0.25, 0.3) is 0 Å². The van der Waals surface area contributed by atoms with Gasteiger partial charge in [-0.1, -0.05) is 30.2 Å². The molecule has 4 atom stereocenters. The molecule has 2 fully saturated rings. The van der Waals surface area contributed by atoms with Crippen LogP contribution in [-0.4, -0.2) is 18.1 Å². The number of nitrogens with one attached hydrogen (secondary N) is 1. The predicted octanol–water partition coefficient (Wildman–Crippen LogP) is 3.47. The molecule has 1 aromatic rings. The fourth-order valence-electron chi connectivity index (χ4n) is 3.58. The smallest absolute Gasteiger partial charge is 0.217 e. The molecule has 1 heterocycles. The topological polar surface area (TPSA) is 38.3 Å². The van der Waals surface area contributed by atoms with Crippen LogP contribution in [0.2, 0.25) is 5.02 Å². The van der Waals surface area contributed by atoms with E-state index in [0.717, 1.165) is 29.8 Å². The van der Waals surface area contributed by atoms with Crippen molar-refractivity contribution in [3.8, 4) is 0 Å². The lowest BCUT2D eigenvalue weighted by molar-refractivity contribution is -0.124. The van der Waals surface area contributed by atoms with Gasteiger partial charge in [-0.3, -0.25) is 4.79 Å². The number of halogens is 1. The minimum absolute atomic E-state index is 0.0532. The molecule has 1 aromatic carbocycles. The van der Waals surface area contributed by atoms with Gasteiger partial charge in [0.1, 0.15) is 0 Å². The van der Waals surface area contributed by atoms with Gasteiger partial charge in [0.2, 0.25) is 5.91 Å². The van der Waals surface area contributed by atoms with Crippen molar-refractivity contribution in [3.63, 3.8) is 0 Å². The fourth-order valence-corrected chi connectivity index (χ4v) is 3.70. The van der Waals surface area contributed by atoms with E-state index in [1.807, 2.05) is 24.3 Å². The number of hydrogen-bond donors (Lipinski definition) is 1. The highest BCUT2D eigenvalue weighted by atomic mass is 35.5. The number of carbonyl (C=O) groups excluding carboxylic acids is 1. The number of carbonyl (C=O) groups is 1. The van der Waals surface area contributed by atoms with Crippen molar-refractivity contribution in [2.45, 2.75) is 50.9 Å². The Bertz CT molecular complexity index is 488. The average Bonchev–Trinajstić information content (AvgIpc) is 2.87. The highest BCUT2D eigenvalue weighted by molar-refractivity contribution is 6.30. The van der Waals surface area contributed by atoms with Gasteiger partial charge in [0.05, 0.1) is 12.2 Å². The zero-order chi connectivity index (χ0) is 14.1. The van der Waals surface area contributed by atoms with Crippen molar-refractivity contribution in [1.82, 2.24) is 5.32 Å². The first-order chi connectivity index (χ1) is 9.63. The third-order valence-corrected chi connectivity index (χ3v) is 4.71. The van der Waals surface area contributed by atoms with Gasteiger partial charge >= 0.3 is 0 Å². The number of ether oxygens (including phenoxy) is 1. The van der Waals surface area contributed by atoms with Crippen LogP contribution in [0.5, 0.6) is 0 Å². The summed E-state index contributed by atoms with van der Waals surface area (Å²) in [5, 5.41) is 3.86. The van der Waals surface area contributed by atoms with Gasteiger partial charge in [0.15, 0.2) is 0 Å². The second-order valence-electron chi connectivity index (χ2n) is 5.85. The molecule has 1 amide bonds. The predicted molar refractivity (Wildman–Crippen MR) is 78.6 cm³/mol. The molecular formula is C16H20ClNO2. The largest absolute Gasteiger partial charge is 0.370 e. The van der Waals surface area contributed by atoms with Crippen molar-refractivity contribution in [2.75, 3.05) is 0 Å². The highest BCUT2D eigenvalue weighted by Crippen LogP contribution is 2.42. The molecule has 2 aliphatic rings. The maximum absolute atomic E-state index is 11.4. The van der Waals surface area contributed by atoms with Crippen molar-refractivity contribution in [1.29, 1.82) is 0 Å². The summed E-state index contributed by atoms with van der Waals surface area (Å²) in [5.41, 5.74) is 1.15.